The molecule has 0 aromatic heterocycles. The Labute approximate surface area is 127 Å². The lowest BCUT2D eigenvalue weighted by Crippen LogP contribution is -2.27. The fourth-order valence-electron chi connectivity index (χ4n) is 1.70. The minimum atomic E-state index is -2.31. The monoisotopic (exact) mass is 304 g/mol. The summed E-state index contributed by atoms with van der Waals surface area (Å²) in [5.41, 5.74) is 2.16. The lowest BCUT2D eigenvalue weighted by atomic mass is 10.2. The maximum atomic E-state index is 5.72. The van der Waals surface area contributed by atoms with Crippen LogP contribution in [0.15, 0.2) is 60.7 Å². The summed E-state index contributed by atoms with van der Waals surface area (Å²) in [6.45, 7) is 3.24. The van der Waals surface area contributed by atoms with Crippen LogP contribution in [-0.2, 0) is 31.5 Å². The normalized spacial score (nSPS) is 11.0. The van der Waals surface area contributed by atoms with Gasteiger partial charge in [0, 0.05) is 0 Å². The van der Waals surface area contributed by atoms with Crippen LogP contribution in [-0.4, -0.2) is 16.1 Å². The first-order chi connectivity index (χ1) is 10.4. The van der Waals surface area contributed by atoms with E-state index >= 15 is 0 Å². The van der Waals surface area contributed by atoms with Crippen molar-refractivity contribution in [3.05, 3.63) is 71.8 Å². The predicted octanol–water partition coefficient (Wildman–Crippen LogP) is 3.11. The van der Waals surface area contributed by atoms with E-state index in [4.69, 9.17) is 18.3 Å². The average Bonchev–Trinajstić information content (AvgIpc) is 2.56. The van der Waals surface area contributed by atoms with Gasteiger partial charge in [0.1, 0.15) is 0 Å². The van der Waals surface area contributed by atoms with Crippen LogP contribution in [0.1, 0.15) is 18.1 Å². The third-order valence-corrected chi connectivity index (χ3v) is 3.89. The second-order valence-electron chi connectivity index (χ2n) is 4.38. The first kappa shape index (κ1) is 15.9. The van der Waals surface area contributed by atoms with Gasteiger partial charge in [-0.1, -0.05) is 60.7 Å². The van der Waals surface area contributed by atoms with Crippen molar-refractivity contribution in [1.82, 2.24) is 0 Å². The Kier molecular flexibility index (Phi) is 7.13. The molecule has 0 radical (unpaired) electrons. The van der Waals surface area contributed by atoms with Gasteiger partial charge < -0.3 is 8.85 Å². The predicted molar refractivity (Wildman–Crippen MR) is 82.3 cm³/mol. The lowest BCUT2D eigenvalue weighted by molar-refractivity contribution is -0.238. The second kappa shape index (κ2) is 9.44. The zero-order valence-corrected chi connectivity index (χ0v) is 13.3. The van der Waals surface area contributed by atoms with E-state index in [1.54, 1.807) is 0 Å². The van der Waals surface area contributed by atoms with E-state index < -0.39 is 9.53 Å². The van der Waals surface area contributed by atoms with Crippen LogP contribution < -0.4 is 0 Å². The Bertz CT molecular complexity index is 449. The van der Waals surface area contributed by atoms with Gasteiger partial charge in [-0.15, -0.1) is 0 Å². The second-order valence-corrected chi connectivity index (χ2v) is 5.82. The van der Waals surface area contributed by atoms with Crippen molar-refractivity contribution in [2.45, 2.75) is 20.1 Å². The van der Waals surface area contributed by atoms with Gasteiger partial charge in [-0.25, -0.2) is 9.46 Å². The Morgan fingerprint density at radius 2 is 1.24 bits per heavy atom. The zero-order chi connectivity index (χ0) is 14.8. The summed E-state index contributed by atoms with van der Waals surface area (Å²) in [6.07, 6.45) is 0. The molecule has 4 nitrogen and oxygen atoms in total. The minimum Gasteiger partial charge on any atom is -0.370 e. The van der Waals surface area contributed by atoms with Gasteiger partial charge in [0.15, 0.2) is 0 Å². The topological polar surface area (TPSA) is 36.9 Å². The van der Waals surface area contributed by atoms with Crippen LogP contribution >= 0.6 is 0 Å². The molecule has 0 aliphatic heterocycles. The van der Waals surface area contributed by atoms with Crippen molar-refractivity contribution >= 4 is 9.53 Å². The van der Waals surface area contributed by atoms with Crippen LogP contribution in [0.5, 0.6) is 0 Å². The smallest absolute Gasteiger partial charge is 0.370 e. The molecule has 0 aliphatic carbocycles. The highest BCUT2D eigenvalue weighted by atomic mass is 28.3. The highest BCUT2D eigenvalue weighted by Crippen LogP contribution is 2.07. The molecule has 2 rings (SSSR count). The van der Waals surface area contributed by atoms with E-state index in [0.717, 1.165) is 11.1 Å². The van der Waals surface area contributed by atoms with E-state index in [1.165, 1.54) is 0 Å². The van der Waals surface area contributed by atoms with E-state index in [2.05, 4.69) is 0 Å². The van der Waals surface area contributed by atoms with Crippen molar-refractivity contribution in [1.29, 1.82) is 0 Å². The molecule has 112 valence electrons. The van der Waals surface area contributed by atoms with Crippen molar-refractivity contribution < 1.29 is 18.3 Å². The lowest BCUT2D eigenvalue weighted by Gasteiger charge is -2.15. The molecular formula is C16H20O4Si. The van der Waals surface area contributed by atoms with Gasteiger partial charge in [-0.3, -0.25) is 0 Å². The summed E-state index contributed by atoms with van der Waals surface area (Å²) in [4.78, 5) is 4.98. The molecule has 0 saturated heterocycles. The van der Waals surface area contributed by atoms with E-state index in [0.29, 0.717) is 19.8 Å². The molecule has 0 aliphatic rings. The summed E-state index contributed by atoms with van der Waals surface area (Å²) in [5.74, 6) is 0. The van der Waals surface area contributed by atoms with Crippen LogP contribution in [0.3, 0.4) is 0 Å². The maximum absolute atomic E-state index is 5.72. The van der Waals surface area contributed by atoms with Gasteiger partial charge in [-0.2, -0.15) is 0 Å². The first-order valence-corrected chi connectivity index (χ1v) is 8.39. The Morgan fingerprint density at radius 3 is 1.67 bits per heavy atom. The molecule has 0 spiro atoms. The third-order valence-electron chi connectivity index (χ3n) is 2.72. The SMILES string of the molecule is CCOO[SiH](OCc1ccccc1)OCc1ccccc1. The standard InChI is InChI=1S/C16H20O4Si/c1-2-17-20-21(18-13-15-9-5-3-6-10-15)19-14-16-11-7-4-8-12-16/h3-12,21H,2,13-14H2,1H3. The molecule has 2 aromatic carbocycles. The molecule has 0 fully saturated rings. The fraction of sp³-hybridized carbons (Fsp3) is 0.250. The van der Waals surface area contributed by atoms with Gasteiger partial charge in [-0.05, 0) is 18.1 Å². The van der Waals surface area contributed by atoms with Crippen LogP contribution in [0.2, 0.25) is 0 Å². The van der Waals surface area contributed by atoms with E-state index in [-0.39, 0.29) is 0 Å². The summed E-state index contributed by atoms with van der Waals surface area (Å²) in [7, 11) is -2.31. The fourth-order valence-corrected chi connectivity index (χ4v) is 2.82. The summed E-state index contributed by atoms with van der Waals surface area (Å²) in [5, 5.41) is 0. The zero-order valence-electron chi connectivity index (χ0n) is 12.1. The van der Waals surface area contributed by atoms with Crippen LogP contribution in [0.4, 0.5) is 0 Å². The molecule has 0 N–H and O–H groups in total. The summed E-state index contributed by atoms with van der Waals surface area (Å²) in [6, 6.07) is 19.9. The van der Waals surface area contributed by atoms with Gasteiger partial charge >= 0.3 is 9.53 Å². The number of rotatable bonds is 9. The van der Waals surface area contributed by atoms with Crippen LogP contribution in [0, 0.1) is 0 Å². The van der Waals surface area contributed by atoms with Crippen molar-refractivity contribution in [2.24, 2.45) is 0 Å². The molecule has 0 bridgehead atoms. The Hall–Kier alpha value is -1.50. The van der Waals surface area contributed by atoms with E-state index in [1.807, 2.05) is 67.6 Å². The molecule has 0 amide bonds. The molecule has 0 saturated carbocycles. The van der Waals surface area contributed by atoms with Crippen molar-refractivity contribution in [2.75, 3.05) is 6.61 Å². The van der Waals surface area contributed by atoms with Crippen LogP contribution in [0.25, 0.3) is 0 Å². The molecular weight excluding hydrogens is 284 g/mol. The maximum Gasteiger partial charge on any atom is 0.514 e. The van der Waals surface area contributed by atoms with Gasteiger partial charge in [0.05, 0.1) is 19.8 Å². The quantitative estimate of drug-likeness (QED) is 0.405. The first-order valence-electron chi connectivity index (χ1n) is 6.98. The van der Waals surface area contributed by atoms with Crippen molar-refractivity contribution in [3.63, 3.8) is 0 Å². The van der Waals surface area contributed by atoms with Crippen molar-refractivity contribution in [3.8, 4) is 0 Å². The molecule has 2 aromatic rings. The minimum absolute atomic E-state index is 0.458. The molecule has 21 heavy (non-hydrogen) atoms. The molecule has 0 unspecified atom stereocenters. The highest BCUT2D eigenvalue weighted by molar-refractivity contribution is 6.35. The molecule has 0 heterocycles. The summed E-state index contributed by atoms with van der Waals surface area (Å²) < 4.78 is 16.7. The number of benzene rings is 2. The molecule has 5 heteroatoms. The van der Waals surface area contributed by atoms with Gasteiger partial charge in [0.2, 0.25) is 0 Å². The third kappa shape index (κ3) is 6.20. The Balaban J connectivity index is 1.82. The Morgan fingerprint density at radius 1 is 0.762 bits per heavy atom. The van der Waals surface area contributed by atoms with E-state index in [9.17, 15) is 0 Å². The summed E-state index contributed by atoms with van der Waals surface area (Å²) >= 11 is 0. The molecule has 0 atom stereocenters. The largest absolute Gasteiger partial charge is 0.514 e. The average molecular weight is 304 g/mol. The van der Waals surface area contributed by atoms with Gasteiger partial charge in [0.25, 0.3) is 0 Å². The number of hydrogen-bond donors (Lipinski definition) is 0. The number of hydrogen-bond acceptors (Lipinski definition) is 4. The highest BCUT2D eigenvalue weighted by Gasteiger charge is 2.17.